The van der Waals surface area contributed by atoms with Crippen molar-refractivity contribution >= 4 is 17.4 Å². The number of anilines is 1. The molecule has 0 radical (unpaired) electrons. The molecule has 34 heavy (non-hydrogen) atoms. The molecule has 1 aliphatic heterocycles. The topological polar surface area (TPSA) is 76.7 Å². The van der Waals surface area contributed by atoms with Gasteiger partial charge in [0, 0.05) is 40.2 Å². The minimum absolute atomic E-state index is 0.00629. The van der Waals surface area contributed by atoms with Gasteiger partial charge in [0.15, 0.2) is 5.78 Å². The number of allylic oxidation sites excluding steroid dienone is 3. The van der Waals surface area contributed by atoms with Gasteiger partial charge in [0.25, 0.3) is 5.91 Å². The Labute approximate surface area is 198 Å². The quantitative estimate of drug-likeness (QED) is 0.645. The van der Waals surface area contributed by atoms with Gasteiger partial charge in [0.05, 0.1) is 20.1 Å². The van der Waals surface area contributed by atoms with Crippen LogP contribution >= 0.6 is 0 Å². The first kappa shape index (κ1) is 23.5. The zero-order valence-electron chi connectivity index (χ0n) is 20.0. The van der Waals surface area contributed by atoms with E-state index in [1.807, 2.05) is 13.0 Å². The SMILES string of the molecule is COc1ccc(OC)c(C2C(C(=O)Nc3ccc(F)cc3)=C(C)NC3=C2C(=O)CC(C)(C)C3)c1. The van der Waals surface area contributed by atoms with Crippen LogP contribution in [0.5, 0.6) is 11.5 Å². The molecule has 6 nitrogen and oxygen atoms in total. The highest BCUT2D eigenvalue weighted by molar-refractivity contribution is 6.10. The van der Waals surface area contributed by atoms with Crippen LogP contribution in [0, 0.1) is 11.2 Å². The number of Topliss-reactive ketones (excluding diaryl/α,β-unsaturated/α-hetero) is 1. The molecule has 0 saturated carbocycles. The van der Waals surface area contributed by atoms with Gasteiger partial charge in [-0.2, -0.15) is 0 Å². The van der Waals surface area contributed by atoms with E-state index in [1.54, 1.807) is 26.4 Å². The van der Waals surface area contributed by atoms with Crippen LogP contribution in [0.2, 0.25) is 0 Å². The van der Waals surface area contributed by atoms with Gasteiger partial charge in [-0.25, -0.2) is 4.39 Å². The second-order valence-electron chi connectivity index (χ2n) is 9.50. The summed E-state index contributed by atoms with van der Waals surface area (Å²) in [5.41, 5.74) is 3.39. The summed E-state index contributed by atoms with van der Waals surface area (Å²) in [4.78, 5) is 27.1. The number of amides is 1. The lowest BCUT2D eigenvalue weighted by molar-refractivity contribution is -0.118. The maximum Gasteiger partial charge on any atom is 0.254 e. The molecule has 1 aliphatic carbocycles. The second kappa shape index (κ2) is 8.97. The van der Waals surface area contributed by atoms with Gasteiger partial charge in [0.1, 0.15) is 17.3 Å². The van der Waals surface area contributed by atoms with Crippen molar-refractivity contribution in [2.45, 2.75) is 39.5 Å². The Hall–Kier alpha value is -3.61. The highest BCUT2D eigenvalue weighted by Gasteiger charge is 2.43. The normalized spacial score (nSPS) is 19.4. The molecule has 2 aliphatic rings. The van der Waals surface area contributed by atoms with Crippen LogP contribution < -0.4 is 20.1 Å². The number of rotatable bonds is 5. The number of halogens is 1. The molecular weight excluding hydrogens is 435 g/mol. The number of hydrogen-bond donors (Lipinski definition) is 2. The predicted molar refractivity (Wildman–Crippen MR) is 128 cm³/mol. The van der Waals surface area contributed by atoms with E-state index in [2.05, 4.69) is 24.5 Å². The number of ether oxygens (including phenoxy) is 2. The van der Waals surface area contributed by atoms with Crippen molar-refractivity contribution in [1.82, 2.24) is 5.32 Å². The number of hydrogen-bond acceptors (Lipinski definition) is 5. The molecule has 0 saturated heterocycles. The van der Waals surface area contributed by atoms with Crippen LogP contribution in [0.25, 0.3) is 0 Å². The first-order valence-corrected chi connectivity index (χ1v) is 11.2. The minimum atomic E-state index is -0.648. The lowest BCUT2D eigenvalue weighted by Crippen LogP contribution is -2.39. The van der Waals surface area contributed by atoms with Gasteiger partial charge in [-0.15, -0.1) is 0 Å². The average molecular weight is 465 g/mol. The summed E-state index contributed by atoms with van der Waals surface area (Å²) in [5.74, 6) is -0.278. The molecule has 0 spiro atoms. The van der Waals surface area contributed by atoms with Crippen LogP contribution in [0.1, 0.15) is 45.1 Å². The number of ketones is 1. The number of methoxy groups -OCH3 is 2. The van der Waals surface area contributed by atoms with Crippen LogP contribution in [0.15, 0.2) is 65.0 Å². The summed E-state index contributed by atoms with van der Waals surface area (Å²) in [6, 6.07) is 10.9. The maximum absolute atomic E-state index is 13.6. The molecule has 2 aromatic carbocycles. The Balaban J connectivity index is 1.87. The third-order valence-corrected chi connectivity index (χ3v) is 6.33. The van der Waals surface area contributed by atoms with E-state index in [-0.39, 0.29) is 17.1 Å². The van der Waals surface area contributed by atoms with Crippen molar-refractivity contribution in [3.05, 3.63) is 76.4 Å². The fraction of sp³-hybridized carbons (Fsp3) is 0.333. The van der Waals surface area contributed by atoms with Crippen LogP contribution in [-0.2, 0) is 9.59 Å². The van der Waals surface area contributed by atoms with E-state index >= 15 is 0 Å². The van der Waals surface area contributed by atoms with Crippen molar-refractivity contribution in [3.8, 4) is 11.5 Å². The van der Waals surface area contributed by atoms with E-state index in [0.29, 0.717) is 52.4 Å². The first-order valence-electron chi connectivity index (χ1n) is 11.2. The number of nitrogens with one attached hydrogen (secondary N) is 2. The van der Waals surface area contributed by atoms with E-state index < -0.39 is 11.7 Å². The molecule has 1 heterocycles. The Morgan fingerprint density at radius 1 is 1.09 bits per heavy atom. The van der Waals surface area contributed by atoms with Crippen molar-refractivity contribution < 1.29 is 23.5 Å². The molecule has 0 bridgehead atoms. The van der Waals surface area contributed by atoms with Gasteiger partial charge >= 0.3 is 0 Å². The van der Waals surface area contributed by atoms with Crippen LogP contribution in [0.3, 0.4) is 0 Å². The number of dihydropyridines is 1. The first-order chi connectivity index (χ1) is 16.1. The molecule has 2 N–H and O–H groups in total. The standard InChI is InChI=1S/C27H29FN2O4/c1-15-23(26(32)30-17-8-6-16(28)7-9-17)24(19-12-18(33-4)10-11-22(19)34-5)25-20(29-15)13-27(2,3)14-21(25)31/h6-12,24,29H,13-14H2,1-5H3,(H,30,32). The lowest BCUT2D eigenvalue weighted by atomic mass is 9.68. The second-order valence-corrected chi connectivity index (χ2v) is 9.50. The van der Waals surface area contributed by atoms with Gasteiger partial charge in [-0.05, 0) is 61.2 Å². The predicted octanol–water partition coefficient (Wildman–Crippen LogP) is 5.09. The van der Waals surface area contributed by atoms with Crippen molar-refractivity contribution in [1.29, 1.82) is 0 Å². The third-order valence-electron chi connectivity index (χ3n) is 6.33. The van der Waals surface area contributed by atoms with E-state index in [1.165, 1.54) is 24.3 Å². The molecular formula is C27H29FN2O4. The highest BCUT2D eigenvalue weighted by Crippen LogP contribution is 2.49. The summed E-state index contributed by atoms with van der Waals surface area (Å²) in [5, 5.41) is 6.19. The summed E-state index contributed by atoms with van der Waals surface area (Å²) < 4.78 is 24.5. The fourth-order valence-electron chi connectivity index (χ4n) is 4.84. The van der Waals surface area contributed by atoms with Crippen molar-refractivity contribution in [2.24, 2.45) is 5.41 Å². The van der Waals surface area contributed by atoms with E-state index in [9.17, 15) is 14.0 Å². The van der Waals surface area contributed by atoms with Crippen LogP contribution in [0.4, 0.5) is 10.1 Å². The zero-order chi connectivity index (χ0) is 24.6. The third kappa shape index (κ3) is 4.42. The Morgan fingerprint density at radius 2 is 1.79 bits per heavy atom. The summed E-state index contributed by atoms with van der Waals surface area (Å²) in [7, 11) is 3.12. The molecule has 1 amide bonds. The van der Waals surface area contributed by atoms with E-state index in [0.717, 1.165) is 5.70 Å². The minimum Gasteiger partial charge on any atom is -0.497 e. The smallest absolute Gasteiger partial charge is 0.254 e. The van der Waals surface area contributed by atoms with Gasteiger partial charge in [-0.1, -0.05) is 13.8 Å². The van der Waals surface area contributed by atoms with Gasteiger partial charge in [0.2, 0.25) is 0 Å². The Kier molecular flexibility index (Phi) is 6.21. The average Bonchev–Trinajstić information content (AvgIpc) is 2.78. The van der Waals surface area contributed by atoms with Gasteiger partial charge < -0.3 is 20.1 Å². The molecule has 1 atom stereocenters. The highest BCUT2D eigenvalue weighted by atomic mass is 19.1. The molecule has 4 rings (SSSR count). The largest absolute Gasteiger partial charge is 0.497 e. The fourth-order valence-corrected chi connectivity index (χ4v) is 4.84. The van der Waals surface area contributed by atoms with Crippen molar-refractivity contribution in [2.75, 3.05) is 19.5 Å². The number of carbonyl (C=O) groups excluding carboxylic acids is 2. The Morgan fingerprint density at radius 3 is 2.44 bits per heavy atom. The maximum atomic E-state index is 13.6. The van der Waals surface area contributed by atoms with E-state index in [4.69, 9.17) is 9.47 Å². The summed E-state index contributed by atoms with van der Waals surface area (Å²) >= 11 is 0. The van der Waals surface area contributed by atoms with Gasteiger partial charge in [-0.3, -0.25) is 9.59 Å². The lowest BCUT2D eigenvalue weighted by Gasteiger charge is -2.40. The molecule has 0 fully saturated rings. The number of benzene rings is 2. The van der Waals surface area contributed by atoms with Crippen molar-refractivity contribution in [3.63, 3.8) is 0 Å². The Bertz CT molecular complexity index is 1210. The summed E-state index contributed by atoms with van der Waals surface area (Å²) in [6.45, 7) is 5.95. The monoisotopic (exact) mass is 464 g/mol. The molecule has 7 heteroatoms. The number of carbonyl (C=O) groups is 2. The molecule has 2 aromatic rings. The molecule has 0 aromatic heterocycles. The van der Waals surface area contributed by atoms with Crippen LogP contribution in [-0.4, -0.2) is 25.9 Å². The zero-order valence-corrected chi connectivity index (χ0v) is 20.0. The molecule has 1 unspecified atom stereocenters. The summed E-state index contributed by atoms with van der Waals surface area (Å²) in [6.07, 6.45) is 1.06. The molecule has 178 valence electrons.